The summed E-state index contributed by atoms with van der Waals surface area (Å²) in [6, 6.07) is 5.74. The van der Waals surface area contributed by atoms with E-state index in [1.54, 1.807) is 0 Å². The minimum absolute atomic E-state index is 0.151. The third-order valence-electron chi connectivity index (χ3n) is 4.03. The summed E-state index contributed by atoms with van der Waals surface area (Å²) in [6.07, 6.45) is 1.50. The van der Waals surface area contributed by atoms with Gasteiger partial charge in [0.1, 0.15) is 0 Å². The first-order chi connectivity index (χ1) is 10.5. The molecule has 2 aromatic rings. The molecule has 0 radical (unpaired) electrons. The highest BCUT2D eigenvalue weighted by atomic mass is 32.2. The molecule has 0 atom stereocenters. The van der Waals surface area contributed by atoms with E-state index in [-0.39, 0.29) is 12.4 Å². The van der Waals surface area contributed by atoms with Gasteiger partial charge >= 0.3 is 0 Å². The number of primary sulfonamides is 1. The zero-order valence-corrected chi connectivity index (χ0v) is 16.1. The Hall–Kier alpha value is -1.15. The lowest BCUT2D eigenvalue weighted by molar-refractivity contribution is 0.289. The number of benzene rings is 1. The van der Waals surface area contributed by atoms with Gasteiger partial charge in [-0.1, -0.05) is 25.7 Å². The molecular formula is C16H26N2O3SSi. The van der Waals surface area contributed by atoms with Crippen molar-refractivity contribution in [2.24, 2.45) is 12.2 Å². The first-order valence-electron chi connectivity index (χ1n) is 7.76. The van der Waals surface area contributed by atoms with E-state index in [9.17, 15) is 13.5 Å². The summed E-state index contributed by atoms with van der Waals surface area (Å²) in [5.74, 6) is -0.153. The van der Waals surface area contributed by atoms with Crippen molar-refractivity contribution >= 4 is 34.3 Å². The Kier molecular flexibility index (Phi) is 5.05. The molecule has 0 aliphatic heterocycles. The van der Waals surface area contributed by atoms with Crippen molar-refractivity contribution in [1.29, 1.82) is 0 Å². The summed E-state index contributed by atoms with van der Waals surface area (Å²) in [5, 5.41) is 16.8. The van der Waals surface area contributed by atoms with Crippen molar-refractivity contribution in [3.8, 4) is 0 Å². The average Bonchev–Trinajstić information content (AvgIpc) is 2.66. The maximum absolute atomic E-state index is 11.4. The van der Waals surface area contributed by atoms with Crippen LogP contribution in [0.4, 0.5) is 0 Å². The van der Waals surface area contributed by atoms with Crippen LogP contribution in [0.15, 0.2) is 18.2 Å². The maximum Gasteiger partial charge on any atom is 0.213 e. The van der Waals surface area contributed by atoms with Gasteiger partial charge in [-0.2, -0.15) is 0 Å². The number of aliphatic hydroxyl groups excluding tert-OH is 1. The number of aromatic nitrogens is 1. The van der Waals surface area contributed by atoms with Crippen molar-refractivity contribution in [3.63, 3.8) is 0 Å². The molecule has 2 rings (SSSR count). The predicted molar refractivity (Wildman–Crippen MR) is 98.1 cm³/mol. The first kappa shape index (κ1) is 18.2. The minimum Gasteiger partial charge on any atom is -0.396 e. The molecular weight excluding hydrogens is 328 g/mol. The highest BCUT2D eigenvalue weighted by molar-refractivity contribution is 7.88. The molecule has 0 saturated heterocycles. The SMILES string of the molecule is Cn1c([Si](C)(C)C)c(CCCO)c2cc(CS(N)(=O)=O)ccc21. The van der Waals surface area contributed by atoms with Crippen LogP contribution < -0.4 is 10.5 Å². The lowest BCUT2D eigenvalue weighted by atomic mass is 10.1. The van der Waals surface area contributed by atoms with Crippen LogP contribution in [-0.4, -0.2) is 32.8 Å². The molecule has 0 aliphatic rings. The molecule has 0 fully saturated rings. The average molecular weight is 355 g/mol. The van der Waals surface area contributed by atoms with Crippen molar-refractivity contribution < 1.29 is 13.5 Å². The Bertz CT molecular complexity index is 820. The normalized spacial score (nSPS) is 13.0. The number of aryl methyl sites for hydroxylation is 2. The molecule has 7 heteroatoms. The van der Waals surface area contributed by atoms with E-state index in [4.69, 9.17) is 5.14 Å². The second-order valence-electron chi connectivity index (χ2n) is 7.12. The molecule has 5 nitrogen and oxygen atoms in total. The molecule has 1 heterocycles. The monoisotopic (exact) mass is 354 g/mol. The third-order valence-corrected chi connectivity index (χ3v) is 6.83. The molecule has 23 heavy (non-hydrogen) atoms. The highest BCUT2D eigenvalue weighted by Gasteiger charge is 2.26. The Balaban J connectivity index is 2.69. The van der Waals surface area contributed by atoms with Gasteiger partial charge in [-0.25, -0.2) is 13.6 Å². The van der Waals surface area contributed by atoms with E-state index in [0.717, 1.165) is 17.3 Å². The summed E-state index contributed by atoms with van der Waals surface area (Å²) in [6.45, 7) is 7.05. The smallest absolute Gasteiger partial charge is 0.213 e. The van der Waals surface area contributed by atoms with Crippen molar-refractivity contribution in [2.75, 3.05) is 6.61 Å². The van der Waals surface area contributed by atoms with Crippen LogP contribution in [0.1, 0.15) is 17.5 Å². The van der Waals surface area contributed by atoms with Gasteiger partial charge in [-0.3, -0.25) is 0 Å². The van der Waals surface area contributed by atoms with E-state index in [1.165, 1.54) is 10.9 Å². The van der Waals surface area contributed by atoms with E-state index in [1.807, 2.05) is 18.2 Å². The van der Waals surface area contributed by atoms with Gasteiger partial charge in [0.2, 0.25) is 10.0 Å². The minimum atomic E-state index is -3.55. The molecule has 3 N–H and O–H groups in total. The summed E-state index contributed by atoms with van der Waals surface area (Å²) in [7, 11) is -3.06. The molecule has 0 spiro atoms. The summed E-state index contributed by atoms with van der Waals surface area (Å²) < 4.78 is 25.0. The molecule has 128 valence electrons. The van der Waals surface area contributed by atoms with Crippen LogP contribution in [0.2, 0.25) is 19.6 Å². The fourth-order valence-corrected chi connectivity index (χ4v) is 6.29. The second-order valence-corrected chi connectivity index (χ2v) is 13.7. The van der Waals surface area contributed by atoms with Crippen LogP contribution in [-0.2, 0) is 29.2 Å². The topological polar surface area (TPSA) is 85.3 Å². The number of nitrogens with zero attached hydrogens (tertiary/aromatic N) is 1. The number of hydrogen-bond donors (Lipinski definition) is 2. The Morgan fingerprint density at radius 2 is 1.91 bits per heavy atom. The van der Waals surface area contributed by atoms with Gasteiger partial charge in [-0.15, -0.1) is 0 Å². The van der Waals surface area contributed by atoms with Crippen molar-refractivity contribution in [2.45, 2.75) is 38.2 Å². The number of fused-ring (bicyclic) bond motifs is 1. The number of sulfonamides is 1. The Morgan fingerprint density at radius 1 is 1.26 bits per heavy atom. The summed E-state index contributed by atoms with van der Waals surface area (Å²) in [4.78, 5) is 0. The number of nitrogens with two attached hydrogens (primary N) is 1. The Labute approximate surface area is 139 Å². The fraction of sp³-hybridized carbons (Fsp3) is 0.500. The first-order valence-corrected chi connectivity index (χ1v) is 13.0. The maximum atomic E-state index is 11.4. The quantitative estimate of drug-likeness (QED) is 0.770. The van der Waals surface area contributed by atoms with Crippen LogP contribution >= 0.6 is 0 Å². The van der Waals surface area contributed by atoms with Crippen molar-refractivity contribution in [1.82, 2.24) is 4.57 Å². The van der Waals surface area contributed by atoms with Crippen LogP contribution in [0.3, 0.4) is 0 Å². The lowest BCUT2D eigenvalue weighted by Gasteiger charge is -2.20. The van der Waals surface area contributed by atoms with Gasteiger partial charge in [0.25, 0.3) is 0 Å². The molecule has 0 unspecified atom stereocenters. The lowest BCUT2D eigenvalue weighted by Crippen LogP contribution is -2.44. The predicted octanol–water partition coefficient (Wildman–Crippen LogP) is 1.44. The molecule has 0 aliphatic carbocycles. The van der Waals surface area contributed by atoms with E-state index < -0.39 is 18.1 Å². The number of aliphatic hydroxyl groups is 1. The molecule has 1 aromatic carbocycles. The highest BCUT2D eigenvalue weighted by Crippen LogP contribution is 2.25. The van der Waals surface area contributed by atoms with E-state index >= 15 is 0 Å². The third kappa shape index (κ3) is 4.03. The second kappa shape index (κ2) is 6.39. The zero-order valence-electron chi connectivity index (χ0n) is 14.3. The van der Waals surface area contributed by atoms with Gasteiger partial charge in [0.15, 0.2) is 0 Å². The van der Waals surface area contributed by atoms with Gasteiger partial charge in [-0.05, 0) is 36.1 Å². The summed E-state index contributed by atoms with van der Waals surface area (Å²) in [5.41, 5.74) is 3.05. The molecule has 0 bridgehead atoms. The zero-order chi connectivity index (χ0) is 17.4. The molecule has 0 amide bonds. The van der Waals surface area contributed by atoms with E-state index in [0.29, 0.717) is 12.0 Å². The van der Waals surface area contributed by atoms with E-state index in [2.05, 4.69) is 31.3 Å². The van der Waals surface area contributed by atoms with Gasteiger partial charge in [0, 0.05) is 29.9 Å². The number of hydrogen-bond acceptors (Lipinski definition) is 3. The number of rotatable bonds is 6. The Morgan fingerprint density at radius 3 is 2.43 bits per heavy atom. The van der Waals surface area contributed by atoms with Crippen molar-refractivity contribution in [3.05, 3.63) is 29.3 Å². The fourth-order valence-electron chi connectivity index (χ4n) is 3.35. The summed E-state index contributed by atoms with van der Waals surface area (Å²) >= 11 is 0. The largest absolute Gasteiger partial charge is 0.396 e. The standard InChI is InChI=1S/C16H26N2O3SSi/c1-18-15-8-7-12(11-22(17,20)21)10-14(15)13(6-5-9-19)16(18)23(2,3)4/h7-8,10,19H,5-6,9,11H2,1-4H3,(H2,17,20,21). The van der Waals surface area contributed by atoms with Gasteiger partial charge < -0.3 is 9.67 Å². The van der Waals surface area contributed by atoms with Crippen LogP contribution in [0.5, 0.6) is 0 Å². The van der Waals surface area contributed by atoms with Gasteiger partial charge in [0.05, 0.1) is 13.8 Å². The molecule has 0 saturated carbocycles. The van der Waals surface area contributed by atoms with Crippen LogP contribution in [0, 0.1) is 0 Å². The van der Waals surface area contributed by atoms with Crippen LogP contribution in [0.25, 0.3) is 10.9 Å². The molecule has 1 aromatic heterocycles.